The molecular formula is C21H16ClN3O2S. The Bertz CT molecular complexity index is 1090. The number of carbonyl (C=O) groups excluding carboxylic acids is 1. The molecule has 0 aliphatic carbocycles. The van der Waals surface area contributed by atoms with Crippen molar-refractivity contribution in [1.29, 1.82) is 0 Å². The lowest BCUT2D eigenvalue weighted by Gasteiger charge is -2.01. The lowest BCUT2D eigenvalue weighted by atomic mass is 10.2. The van der Waals surface area contributed by atoms with Crippen LogP contribution >= 0.6 is 22.9 Å². The smallest absolute Gasteiger partial charge is 0.226 e. The van der Waals surface area contributed by atoms with Crippen LogP contribution in [0.4, 0.5) is 5.13 Å². The first kappa shape index (κ1) is 18.4. The van der Waals surface area contributed by atoms with Gasteiger partial charge in [0.25, 0.3) is 0 Å². The van der Waals surface area contributed by atoms with E-state index in [4.69, 9.17) is 16.0 Å². The third-order valence-electron chi connectivity index (χ3n) is 4.08. The number of benzene rings is 2. The van der Waals surface area contributed by atoms with Gasteiger partial charge in [0.1, 0.15) is 0 Å². The Labute approximate surface area is 171 Å². The number of carbonyl (C=O) groups is 1. The van der Waals surface area contributed by atoms with E-state index >= 15 is 0 Å². The lowest BCUT2D eigenvalue weighted by molar-refractivity contribution is -0.116. The molecule has 4 rings (SSSR count). The number of amides is 1. The molecule has 1 N–H and O–H groups in total. The summed E-state index contributed by atoms with van der Waals surface area (Å²) < 4.78 is 5.72. The molecule has 0 spiro atoms. The molecule has 0 aliphatic heterocycles. The molecule has 5 nitrogen and oxygen atoms in total. The molecular weight excluding hydrogens is 394 g/mol. The largest absolute Gasteiger partial charge is 0.441 e. The quantitative estimate of drug-likeness (QED) is 0.444. The van der Waals surface area contributed by atoms with E-state index in [-0.39, 0.29) is 12.3 Å². The van der Waals surface area contributed by atoms with Gasteiger partial charge in [-0.05, 0) is 12.1 Å². The Morgan fingerprint density at radius 1 is 1.11 bits per heavy atom. The van der Waals surface area contributed by atoms with Gasteiger partial charge in [-0.25, -0.2) is 9.97 Å². The number of halogens is 1. The van der Waals surface area contributed by atoms with Crippen LogP contribution in [0, 0.1) is 0 Å². The molecule has 0 bridgehead atoms. The SMILES string of the molecule is O=C(CCc1ncc(-c2ccccc2Cl)o1)Nc1nc(-c2ccccc2)cs1. The molecule has 0 aliphatic rings. The normalized spacial score (nSPS) is 10.8. The van der Waals surface area contributed by atoms with Gasteiger partial charge < -0.3 is 9.73 Å². The number of oxazole rings is 1. The predicted octanol–water partition coefficient (Wildman–Crippen LogP) is 5.69. The van der Waals surface area contributed by atoms with Crippen molar-refractivity contribution in [3.05, 3.63) is 77.1 Å². The Morgan fingerprint density at radius 2 is 1.89 bits per heavy atom. The monoisotopic (exact) mass is 409 g/mol. The van der Waals surface area contributed by atoms with E-state index in [1.54, 1.807) is 12.3 Å². The van der Waals surface area contributed by atoms with E-state index in [9.17, 15) is 4.79 Å². The summed E-state index contributed by atoms with van der Waals surface area (Å²) in [4.78, 5) is 20.9. The zero-order valence-electron chi connectivity index (χ0n) is 14.8. The Balaban J connectivity index is 1.34. The Kier molecular flexibility index (Phi) is 5.50. The summed E-state index contributed by atoms with van der Waals surface area (Å²) in [7, 11) is 0. The van der Waals surface area contributed by atoms with Gasteiger partial charge in [-0.1, -0.05) is 54.1 Å². The van der Waals surface area contributed by atoms with E-state index in [2.05, 4.69) is 15.3 Å². The molecule has 28 heavy (non-hydrogen) atoms. The van der Waals surface area contributed by atoms with Gasteiger partial charge in [0.05, 0.1) is 16.9 Å². The van der Waals surface area contributed by atoms with Crippen LogP contribution in [0.1, 0.15) is 12.3 Å². The van der Waals surface area contributed by atoms with E-state index in [1.165, 1.54) is 11.3 Å². The number of rotatable bonds is 6. The van der Waals surface area contributed by atoms with Crippen molar-refractivity contribution in [3.8, 4) is 22.6 Å². The molecule has 0 radical (unpaired) electrons. The first-order valence-corrected chi connectivity index (χ1v) is 9.95. The number of hydrogen-bond donors (Lipinski definition) is 1. The highest BCUT2D eigenvalue weighted by atomic mass is 35.5. The number of aromatic nitrogens is 2. The van der Waals surface area contributed by atoms with Gasteiger partial charge in [0, 0.05) is 29.3 Å². The van der Waals surface area contributed by atoms with E-state index in [1.807, 2.05) is 53.9 Å². The number of anilines is 1. The van der Waals surface area contributed by atoms with Crippen LogP contribution in [0.15, 0.2) is 70.6 Å². The molecule has 1 amide bonds. The summed E-state index contributed by atoms with van der Waals surface area (Å²) in [6, 6.07) is 17.2. The van der Waals surface area contributed by atoms with Crippen molar-refractivity contribution in [2.45, 2.75) is 12.8 Å². The second-order valence-corrected chi connectivity index (χ2v) is 7.32. The molecule has 2 aromatic carbocycles. The van der Waals surface area contributed by atoms with Crippen molar-refractivity contribution >= 4 is 34.0 Å². The van der Waals surface area contributed by atoms with Gasteiger partial charge in [0.2, 0.25) is 5.91 Å². The average molecular weight is 410 g/mol. The highest BCUT2D eigenvalue weighted by molar-refractivity contribution is 7.14. The first-order chi connectivity index (χ1) is 13.7. The maximum Gasteiger partial charge on any atom is 0.226 e. The van der Waals surface area contributed by atoms with Crippen LogP contribution in [-0.4, -0.2) is 15.9 Å². The van der Waals surface area contributed by atoms with Gasteiger partial charge >= 0.3 is 0 Å². The first-order valence-electron chi connectivity index (χ1n) is 8.69. The molecule has 0 saturated heterocycles. The van der Waals surface area contributed by atoms with Crippen LogP contribution in [0.25, 0.3) is 22.6 Å². The van der Waals surface area contributed by atoms with Gasteiger partial charge in [-0.3, -0.25) is 4.79 Å². The number of aryl methyl sites for hydroxylation is 1. The van der Waals surface area contributed by atoms with Crippen LogP contribution in [0.2, 0.25) is 5.02 Å². The molecule has 0 atom stereocenters. The molecule has 0 unspecified atom stereocenters. The topological polar surface area (TPSA) is 68.0 Å². The second-order valence-electron chi connectivity index (χ2n) is 6.05. The van der Waals surface area contributed by atoms with Crippen molar-refractivity contribution in [1.82, 2.24) is 9.97 Å². The molecule has 2 heterocycles. The predicted molar refractivity (Wildman–Crippen MR) is 111 cm³/mol. The van der Waals surface area contributed by atoms with E-state index in [0.717, 1.165) is 16.8 Å². The zero-order valence-corrected chi connectivity index (χ0v) is 16.3. The zero-order chi connectivity index (χ0) is 19.3. The van der Waals surface area contributed by atoms with Gasteiger partial charge in [-0.15, -0.1) is 11.3 Å². The van der Waals surface area contributed by atoms with Crippen LogP contribution in [0.3, 0.4) is 0 Å². The Hall–Kier alpha value is -2.96. The van der Waals surface area contributed by atoms with Crippen molar-refractivity contribution in [2.75, 3.05) is 5.32 Å². The molecule has 140 valence electrons. The maximum absolute atomic E-state index is 12.2. The lowest BCUT2D eigenvalue weighted by Crippen LogP contribution is -2.12. The van der Waals surface area contributed by atoms with Gasteiger partial charge in [-0.2, -0.15) is 0 Å². The van der Waals surface area contributed by atoms with Crippen LogP contribution in [0.5, 0.6) is 0 Å². The van der Waals surface area contributed by atoms with Crippen LogP contribution in [-0.2, 0) is 11.2 Å². The third-order valence-corrected chi connectivity index (χ3v) is 5.17. The third kappa shape index (κ3) is 4.30. The summed E-state index contributed by atoms with van der Waals surface area (Å²) in [5.41, 5.74) is 2.65. The van der Waals surface area contributed by atoms with Crippen LogP contribution < -0.4 is 5.32 Å². The molecule has 2 aromatic heterocycles. The highest BCUT2D eigenvalue weighted by Gasteiger charge is 2.12. The second kappa shape index (κ2) is 8.37. The molecule has 7 heteroatoms. The summed E-state index contributed by atoms with van der Waals surface area (Å²) in [5, 5.41) is 5.93. The van der Waals surface area contributed by atoms with Crippen molar-refractivity contribution in [2.24, 2.45) is 0 Å². The number of thiazole rings is 1. The summed E-state index contributed by atoms with van der Waals surface area (Å²) >= 11 is 7.57. The van der Waals surface area contributed by atoms with E-state index in [0.29, 0.717) is 28.2 Å². The average Bonchev–Trinajstić information content (AvgIpc) is 3.37. The maximum atomic E-state index is 12.2. The van der Waals surface area contributed by atoms with Crippen molar-refractivity contribution in [3.63, 3.8) is 0 Å². The molecule has 0 saturated carbocycles. The number of hydrogen-bond acceptors (Lipinski definition) is 5. The Morgan fingerprint density at radius 3 is 2.71 bits per heavy atom. The standard InChI is InChI=1S/C21H16ClN3O2S/c22-16-9-5-4-8-15(16)18-12-23-20(27-18)11-10-19(26)25-21-24-17(13-28-21)14-6-2-1-3-7-14/h1-9,12-13H,10-11H2,(H,24,25,26). The minimum Gasteiger partial charge on any atom is -0.441 e. The fourth-order valence-electron chi connectivity index (χ4n) is 2.69. The number of nitrogens with zero attached hydrogens (tertiary/aromatic N) is 2. The highest BCUT2D eigenvalue weighted by Crippen LogP contribution is 2.28. The fraction of sp³-hybridized carbons (Fsp3) is 0.0952. The van der Waals surface area contributed by atoms with E-state index < -0.39 is 0 Å². The number of nitrogens with one attached hydrogen (secondary N) is 1. The minimum absolute atomic E-state index is 0.133. The molecule has 4 aromatic rings. The summed E-state index contributed by atoms with van der Waals surface area (Å²) in [6.07, 6.45) is 2.28. The summed E-state index contributed by atoms with van der Waals surface area (Å²) in [6.45, 7) is 0. The molecule has 0 fully saturated rings. The van der Waals surface area contributed by atoms with Gasteiger partial charge in [0.15, 0.2) is 16.8 Å². The van der Waals surface area contributed by atoms with Crippen molar-refractivity contribution < 1.29 is 9.21 Å². The fourth-order valence-corrected chi connectivity index (χ4v) is 3.65. The minimum atomic E-state index is -0.133. The summed E-state index contributed by atoms with van der Waals surface area (Å²) in [5.74, 6) is 0.953.